The van der Waals surface area contributed by atoms with E-state index in [2.05, 4.69) is 30.0 Å². The fourth-order valence-corrected chi connectivity index (χ4v) is 3.97. The summed E-state index contributed by atoms with van der Waals surface area (Å²) in [5, 5.41) is 0.550. The van der Waals surface area contributed by atoms with Crippen molar-refractivity contribution in [3.8, 4) is 0 Å². The lowest BCUT2D eigenvalue weighted by atomic mass is 10.2. The number of thioether (sulfide) groups is 1. The number of rotatable bonds is 2. The van der Waals surface area contributed by atoms with Gasteiger partial charge in [0.25, 0.3) is 5.56 Å². The van der Waals surface area contributed by atoms with Gasteiger partial charge in [-0.1, -0.05) is 19.1 Å². The largest absolute Gasteiger partial charge is 0.365 e. The van der Waals surface area contributed by atoms with Crippen LogP contribution in [0.4, 0.5) is 5.69 Å². The zero-order chi connectivity index (χ0) is 16.6. The Labute approximate surface area is 139 Å². The third kappa shape index (κ3) is 3.08. The second kappa shape index (κ2) is 6.28. The minimum atomic E-state index is -0.279. The molecule has 5 nitrogen and oxygen atoms in total. The van der Waals surface area contributed by atoms with Gasteiger partial charge in [0.15, 0.2) is 0 Å². The first kappa shape index (κ1) is 15.9. The molecule has 2 heterocycles. The number of anilines is 1. The molecule has 1 aliphatic heterocycles. The number of aromatic nitrogens is 2. The Kier molecular flexibility index (Phi) is 4.35. The molecule has 0 spiro atoms. The maximum absolute atomic E-state index is 12.1. The van der Waals surface area contributed by atoms with Crippen molar-refractivity contribution in [1.82, 2.24) is 9.13 Å². The summed E-state index contributed by atoms with van der Waals surface area (Å²) in [6, 6.07) is 9.89. The van der Waals surface area contributed by atoms with Gasteiger partial charge in [0.05, 0.1) is 12.2 Å². The van der Waals surface area contributed by atoms with Crippen LogP contribution < -0.4 is 16.1 Å². The van der Waals surface area contributed by atoms with E-state index in [1.54, 1.807) is 17.7 Å². The predicted octanol–water partition coefficient (Wildman–Crippen LogP) is 1.97. The molecule has 3 rings (SSSR count). The van der Waals surface area contributed by atoms with Crippen molar-refractivity contribution in [3.05, 3.63) is 56.9 Å². The Morgan fingerprint density at radius 2 is 1.91 bits per heavy atom. The van der Waals surface area contributed by atoms with Crippen molar-refractivity contribution in [3.63, 3.8) is 0 Å². The van der Waals surface area contributed by atoms with Crippen LogP contribution >= 0.6 is 11.8 Å². The first-order valence-corrected chi connectivity index (χ1v) is 8.62. The lowest BCUT2D eigenvalue weighted by Gasteiger charge is -2.25. The Morgan fingerprint density at radius 1 is 1.17 bits per heavy atom. The molecule has 2 aromatic rings. The second-order valence-corrected chi connectivity index (χ2v) is 7.46. The third-order valence-corrected chi connectivity index (χ3v) is 5.56. The zero-order valence-corrected chi connectivity index (χ0v) is 14.5. The molecule has 0 aliphatic carbocycles. The number of hydrogen-bond donors (Lipinski definition) is 0. The van der Waals surface area contributed by atoms with Crippen molar-refractivity contribution >= 4 is 17.4 Å². The molecule has 0 bridgehead atoms. The number of benzene rings is 1. The maximum atomic E-state index is 12.1. The highest BCUT2D eigenvalue weighted by Crippen LogP contribution is 2.37. The Morgan fingerprint density at radius 3 is 2.70 bits per heavy atom. The minimum absolute atomic E-state index is 0.256. The highest BCUT2D eigenvalue weighted by molar-refractivity contribution is 8.00. The van der Waals surface area contributed by atoms with Crippen molar-refractivity contribution in [2.24, 2.45) is 14.1 Å². The van der Waals surface area contributed by atoms with E-state index in [0.29, 0.717) is 11.8 Å². The van der Waals surface area contributed by atoms with Gasteiger partial charge < -0.3 is 4.90 Å². The summed E-state index contributed by atoms with van der Waals surface area (Å²) >= 11 is 1.88. The molecule has 0 unspecified atom stereocenters. The molecule has 1 atom stereocenters. The second-order valence-electron chi connectivity index (χ2n) is 5.98. The Bertz CT molecular complexity index is 840. The minimum Gasteiger partial charge on any atom is -0.365 e. The number of hydrogen-bond acceptors (Lipinski definition) is 4. The summed E-state index contributed by atoms with van der Waals surface area (Å²) in [6.45, 7) is 3.71. The third-order valence-electron chi connectivity index (χ3n) is 4.32. The summed E-state index contributed by atoms with van der Waals surface area (Å²) in [7, 11) is 3.23. The molecule has 1 aromatic heterocycles. The van der Waals surface area contributed by atoms with Crippen LogP contribution in [0.25, 0.3) is 0 Å². The average Bonchev–Trinajstić information content (AvgIpc) is 2.69. The molecule has 1 aliphatic rings. The molecule has 0 amide bonds. The SMILES string of the molecule is C[C@@H]1CCN(Cc2cc(=O)n(C)c(=O)n2C)c2ccccc2S1. The summed E-state index contributed by atoms with van der Waals surface area (Å²) in [4.78, 5) is 27.6. The first-order valence-electron chi connectivity index (χ1n) is 7.74. The van der Waals surface area contributed by atoms with Gasteiger partial charge in [-0.25, -0.2) is 4.79 Å². The van der Waals surface area contributed by atoms with Crippen molar-refractivity contribution < 1.29 is 0 Å². The number of nitrogens with zero attached hydrogens (tertiary/aromatic N) is 3. The van der Waals surface area contributed by atoms with E-state index >= 15 is 0 Å². The van der Waals surface area contributed by atoms with E-state index < -0.39 is 0 Å². The topological polar surface area (TPSA) is 47.2 Å². The van der Waals surface area contributed by atoms with Crippen molar-refractivity contribution in [1.29, 1.82) is 0 Å². The van der Waals surface area contributed by atoms with Crippen LogP contribution in [-0.4, -0.2) is 20.9 Å². The van der Waals surface area contributed by atoms with E-state index in [4.69, 9.17) is 0 Å². The van der Waals surface area contributed by atoms with Crippen LogP contribution in [0.5, 0.6) is 0 Å². The van der Waals surface area contributed by atoms with Gasteiger partial charge in [0, 0.05) is 42.5 Å². The molecule has 0 radical (unpaired) electrons. The van der Waals surface area contributed by atoms with E-state index in [1.165, 1.54) is 17.6 Å². The fourth-order valence-electron chi connectivity index (χ4n) is 2.84. The molecule has 23 heavy (non-hydrogen) atoms. The summed E-state index contributed by atoms with van der Waals surface area (Å²) in [6.07, 6.45) is 1.07. The normalized spacial score (nSPS) is 17.7. The van der Waals surface area contributed by atoms with E-state index in [9.17, 15) is 9.59 Å². The highest BCUT2D eigenvalue weighted by Gasteiger charge is 2.20. The van der Waals surface area contributed by atoms with Crippen molar-refractivity contribution in [2.75, 3.05) is 11.4 Å². The molecule has 122 valence electrons. The van der Waals surface area contributed by atoms with Gasteiger partial charge in [0.2, 0.25) is 0 Å². The number of fused-ring (bicyclic) bond motifs is 1. The van der Waals surface area contributed by atoms with Crippen LogP contribution in [0.2, 0.25) is 0 Å². The summed E-state index contributed by atoms with van der Waals surface area (Å²) in [5.74, 6) is 0. The lowest BCUT2D eigenvalue weighted by molar-refractivity contribution is 0.627. The molecule has 1 aromatic carbocycles. The predicted molar refractivity (Wildman–Crippen MR) is 94.4 cm³/mol. The smallest absolute Gasteiger partial charge is 0.330 e. The van der Waals surface area contributed by atoms with Crippen molar-refractivity contribution in [2.45, 2.75) is 30.0 Å². The van der Waals surface area contributed by atoms with Crippen LogP contribution in [0, 0.1) is 0 Å². The summed E-state index contributed by atoms with van der Waals surface area (Å²) < 4.78 is 2.70. The first-order chi connectivity index (χ1) is 11.0. The zero-order valence-electron chi connectivity index (χ0n) is 13.7. The van der Waals surface area contributed by atoms with Gasteiger partial charge in [-0.3, -0.25) is 13.9 Å². The maximum Gasteiger partial charge on any atom is 0.330 e. The molecule has 0 N–H and O–H groups in total. The Balaban J connectivity index is 2.01. The van der Waals surface area contributed by atoms with Gasteiger partial charge in [-0.05, 0) is 18.6 Å². The van der Waals surface area contributed by atoms with Gasteiger partial charge in [-0.2, -0.15) is 0 Å². The van der Waals surface area contributed by atoms with E-state index in [0.717, 1.165) is 23.2 Å². The molecular weight excluding hydrogens is 310 g/mol. The highest BCUT2D eigenvalue weighted by atomic mass is 32.2. The van der Waals surface area contributed by atoms with Crippen LogP contribution in [0.1, 0.15) is 19.0 Å². The fraction of sp³-hybridized carbons (Fsp3) is 0.412. The lowest BCUT2D eigenvalue weighted by Crippen LogP contribution is -2.39. The molecule has 6 heteroatoms. The quantitative estimate of drug-likeness (QED) is 0.844. The standard InChI is InChI=1S/C17H21N3O2S/c1-12-8-9-20(14-6-4-5-7-15(14)23-12)11-13-10-16(21)19(3)17(22)18(13)2/h4-7,10,12H,8-9,11H2,1-3H3/t12-/m1/s1. The average molecular weight is 331 g/mol. The molecule has 0 saturated heterocycles. The van der Waals surface area contributed by atoms with Gasteiger partial charge >= 0.3 is 5.69 Å². The van der Waals surface area contributed by atoms with E-state index in [1.807, 2.05) is 17.8 Å². The van der Waals surface area contributed by atoms with E-state index in [-0.39, 0.29) is 11.2 Å². The molecular formula is C17H21N3O2S. The Hall–Kier alpha value is -1.95. The monoisotopic (exact) mass is 331 g/mol. The van der Waals surface area contributed by atoms with Crippen LogP contribution in [0.3, 0.4) is 0 Å². The summed E-state index contributed by atoms with van der Waals surface area (Å²) in [5.41, 5.74) is 1.38. The molecule has 0 fully saturated rings. The van der Waals surface area contributed by atoms with Crippen LogP contribution in [-0.2, 0) is 20.6 Å². The van der Waals surface area contributed by atoms with Gasteiger partial charge in [-0.15, -0.1) is 11.8 Å². The van der Waals surface area contributed by atoms with Gasteiger partial charge in [0.1, 0.15) is 0 Å². The number of para-hydroxylation sites is 1. The molecule has 0 saturated carbocycles. The van der Waals surface area contributed by atoms with Crippen LogP contribution in [0.15, 0.2) is 44.8 Å².